The molecule has 0 fully saturated rings. The SMILES string of the molecule is CCOCCOCOc1n[nH]nc1C(N)C(N)=C(OCc1ccccc1)c1c[nH]c2ccccc12. The van der Waals surface area contributed by atoms with Gasteiger partial charge in [0, 0.05) is 29.3 Å². The van der Waals surface area contributed by atoms with E-state index in [1.54, 1.807) is 0 Å². The van der Waals surface area contributed by atoms with E-state index in [2.05, 4.69) is 20.4 Å². The van der Waals surface area contributed by atoms with Crippen molar-refractivity contribution in [2.75, 3.05) is 26.6 Å². The van der Waals surface area contributed by atoms with Crippen molar-refractivity contribution in [2.45, 2.75) is 19.6 Å². The molecule has 35 heavy (non-hydrogen) atoms. The Morgan fingerprint density at radius 3 is 2.60 bits per heavy atom. The van der Waals surface area contributed by atoms with Crippen molar-refractivity contribution in [3.8, 4) is 5.88 Å². The van der Waals surface area contributed by atoms with Crippen LogP contribution in [-0.2, 0) is 20.8 Å². The maximum absolute atomic E-state index is 6.61. The molecule has 10 heteroatoms. The molecule has 0 aliphatic rings. The Bertz CT molecular complexity index is 1240. The highest BCUT2D eigenvalue weighted by atomic mass is 16.7. The van der Waals surface area contributed by atoms with Gasteiger partial charge in [0.2, 0.25) is 0 Å². The summed E-state index contributed by atoms with van der Waals surface area (Å²) in [5.41, 5.74) is 16.5. The van der Waals surface area contributed by atoms with E-state index in [9.17, 15) is 0 Å². The number of nitrogens with two attached hydrogens (primary N) is 2. The van der Waals surface area contributed by atoms with Crippen molar-refractivity contribution in [1.29, 1.82) is 0 Å². The highest BCUT2D eigenvalue weighted by molar-refractivity contribution is 5.91. The number of nitrogens with zero attached hydrogens (tertiary/aromatic N) is 2. The van der Waals surface area contributed by atoms with Crippen LogP contribution in [-0.4, -0.2) is 47.0 Å². The molecule has 0 radical (unpaired) electrons. The van der Waals surface area contributed by atoms with E-state index in [1.165, 1.54) is 0 Å². The number of fused-ring (bicyclic) bond motifs is 1. The second-order valence-corrected chi connectivity index (χ2v) is 7.67. The van der Waals surface area contributed by atoms with Crippen LogP contribution >= 0.6 is 0 Å². The molecular formula is C25H30N6O4. The number of rotatable bonds is 13. The Balaban J connectivity index is 1.58. The van der Waals surface area contributed by atoms with Gasteiger partial charge in [0.05, 0.1) is 25.0 Å². The van der Waals surface area contributed by atoms with Crippen LogP contribution in [0, 0.1) is 0 Å². The lowest BCUT2D eigenvalue weighted by atomic mass is 10.1. The topological polar surface area (TPSA) is 146 Å². The van der Waals surface area contributed by atoms with Crippen LogP contribution in [0.1, 0.15) is 29.8 Å². The van der Waals surface area contributed by atoms with E-state index in [-0.39, 0.29) is 12.7 Å². The maximum Gasteiger partial charge on any atom is 0.260 e. The zero-order valence-electron chi connectivity index (χ0n) is 19.6. The minimum atomic E-state index is -0.841. The molecule has 2 aromatic heterocycles. The standard InChI is InChI=1S/C25H30N6O4/c1-2-32-12-13-33-16-35-25-23(29-31-30-25)21(26)22(27)24(34-15-17-8-4-3-5-9-17)19-14-28-20-11-7-6-10-18(19)20/h3-11,14,21,28H,2,12-13,15-16,26-27H2,1H3,(H,29,30,31). The summed E-state index contributed by atoms with van der Waals surface area (Å²) in [5, 5.41) is 11.7. The summed E-state index contributed by atoms with van der Waals surface area (Å²) in [6.45, 7) is 3.72. The number of H-pyrrole nitrogens is 2. The number of ether oxygens (including phenoxy) is 4. The molecule has 0 spiro atoms. The van der Waals surface area contributed by atoms with Gasteiger partial charge in [-0.1, -0.05) is 48.5 Å². The van der Waals surface area contributed by atoms with Gasteiger partial charge in [-0.25, -0.2) is 0 Å². The molecule has 0 aliphatic carbocycles. The summed E-state index contributed by atoms with van der Waals surface area (Å²) >= 11 is 0. The van der Waals surface area contributed by atoms with Crippen molar-refractivity contribution in [3.63, 3.8) is 0 Å². The largest absolute Gasteiger partial charge is 0.486 e. The van der Waals surface area contributed by atoms with Crippen molar-refractivity contribution in [1.82, 2.24) is 20.4 Å². The summed E-state index contributed by atoms with van der Waals surface area (Å²) in [7, 11) is 0. The Labute approximate surface area is 203 Å². The molecule has 0 aliphatic heterocycles. The van der Waals surface area contributed by atoms with Crippen molar-refractivity contribution in [3.05, 3.63) is 83.3 Å². The van der Waals surface area contributed by atoms with E-state index in [0.29, 0.717) is 43.6 Å². The lowest BCUT2D eigenvalue weighted by molar-refractivity contribution is -0.0172. The molecule has 4 aromatic rings. The first-order chi connectivity index (χ1) is 17.2. The highest BCUT2D eigenvalue weighted by Gasteiger charge is 2.25. The second-order valence-electron chi connectivity index (χ2n) is 7.67. The first-order valence-corrected chi connectivity index (χ1v) is 11.4. The fourth-order valence-electron chi connectivity index (χ4n) is 3.55. The predicted molar refractivity (Wildman–Crippen MR) is 132 cm³/mol. The van der Waals surface area contributed by atoms with Crippen LogP contribution in [0.3, 0.4) is 0 Å². The third kappa shape index (κ3) is 5.99. The Morgan fingerprint density at radius 2 is 1.77 bits per heavy atom. The highest BCUT2D eigenvalue weighted by Crippen LogP contribution is 2.32. The Hall–Kier alpha value is -3.86. The first kappa shape index (κ1) is 24.3. The lowest BCUT2D eigenvalue weighted by Gasteiger charge is -2.18. The van der Waals surface area contributed by atoms with Gasteiger partial charge in [-0.15, -0.1) is 5.10 Å². The smallest absolute Gasteiger partial charge is 0.260 e. The number of para-hydroxylation sites is 1. The minimum Gasteiger partial charge on any atom is -0.486 e. The van der Waals surface area contributed by atoms with Crippen LogP contribution in [0.2, 0.25) is 0 Å². The number of aromatic amines is 2. The van der Waals surface area contributed by atoms with Crippen molar-refractivity contribution < 1.29 is 18.9 Å². The maximum atomic E-state index is 6.61. The number of aromatic nitrogens is 4. The Kier molecular flexibility index (Phi) is 8.34. The summed E-state index contributed by atoms with van der Waals surface area (Å²) in [6, 6.07) is 16.9. The molecule has 0 saturated carbocycles. The van der Waals surface area contributed by atoms with Gasteiger partial charge < -0.3 is 35.4 Å². The minimum absolute atomic E-state index is 0.0250. The van der Waals surface area contributed by atoms with Crippen LogP contribution in [0.4, 0.5) is 0 Å². The van der Waals surface area contributed by atoms with Gasteiger partial charge in [-0.05, 0) is 18.6 Å². The summed E-state index contributed by atoms with van der Waals surface area (Å²) in [5.74, 6) is 0.666. The zero-order chi connectivity index (χ0) is 24.5. The van der Waals surface area contributed by atoms with Gasteiger partial charge in [0.15, 0.2) is 6.79 Å². The predicted octanol–water partition coefficient (Wildman–Crippen LogP) is 3.22. The third-order valence-corrected chi connectivity index (χ3v) is 5.35. The lowest BCUT2D eigenvalue weighted by Crippen LogP contribution is -2.23. The van der Waals surface area contributed by atoms with E-state index in [0.717, 1.165) is 22.0 Å². The number of nitrogens with one attached hydrogen (secondary N) is 2. The molecule has 6 N–H and O–H groups in total. The van der Waals surface area contributed by atoms with Gasteiger partial charge >= 0.3 is 0 Å². The zero-order valence-corrected chi connectivity index (χ0v) is 19.6. The van der Waals surface area contributed by atoms with Crippen molar-refractivity contribution in [2.24, 2.45) is 11.5 Å². The number of hydrogen-bond acceptors (Lipinski definition) is 8. The van der Waals surface area contributed by atoms with Gasteiger partial charge in [-0.2, -0.15) is 10.3 Å². The monoisotopic (exact) mass is 478 g/mol. The normalized spacial score (nSPS) is 13.0. The molecule has 10 nitrogen and oxygen atoms in total. The summed E-state index contributed by atoms with van der Waals surface area (Å²) in [6.07, 6.45) is 1.86. The van der Waals surface area contributed by atoms with Crippen LogP contribution in [0.5, 0.6) is 5.88 Å². The molecule has 1 atom stereocenters. The van der Waals surface area contributed by atoms with E-state index < -0.39 is 6.04 Å². The molecular weight excluding hydrogens is 448 g/mol. The molecule has 184 valence electrons. The second kappa shape index (κ2) is 12.0. The first-order valence-electron chi connectivity index (χ1n) is 11.4. The molecule has 0 saturated heterocycles. The van der Waals surface area contributed by atoms with Gasteiger partial charge in [0.25, 0.3) is 5.88 Å². The average molecular weight is 479 g/mol. The molecule has 2 aromatic carbocycles. The molecule has 2 heterocycles. The molecule has 4 rings (SSSR count). The van der Waals surface area contributed by atoms with Crippen LogP contribution in [0.15, 0.2) is 66.5 Å². The summed E-state index contributed by atoms with van der Waals surface area (Å²) < 4.78 is 22.5. The number of benzene rings is 2. The van der Waals surface area contributed by atoms with Crippen LogP contribution in [0.25, 0.3) is 16.7 Å². The number of hydrogen-bond donors (Lipinski definition) is 4. The average Bonchev–Trinajstić information content (AvgIpc) is 3.54. The Morgan fingerprint density at radius 1 is 1.00 bits per heavy atom. The van der Waals surface area contributed by atoms with Gasteiger partial charge in [0.1, 0.15) is 18.1 Å². The third-order valence-electron chi connectivity index (χ3n) is 5.35. The molecule has 0 bridgehead atoms. The molecule has 0 amide bonds. The fourth-order valence-corrected chi connectivity index (χ4v) is 3.55. The molecule has 1 unspecified atom stereocenters. The van der Waals surface area contributed by atoms with E-state index in [1.807, 2.05) is 67.7 Å². The van der Waals surface area contributed by atoms with Gasteiger partial charge in [-0.3, -0.25) is 0 Å². The van der Waals surface area contributed by atoms with E-state index >= 15 is 0 Å². The van der Waals surface area contributed by atoms with E-state index in [4.69, 9.17) is 30.4 Å². The quantitative estimate of drug-likeness (QED) is 0.130. The van der Waals surface area contributed by atoms with Crippen molar-refractivity contribution >= 4 is 16.7 Å². The fraction of sp³-hybridized carbons (Fsp3) is 0.280. The van der Waals surface area contributed by atoms with Crippen LogP contribution < -0.4 is 16.2 Å². The summed E-state index contributed by atoms with van der Waals surface area (Å²) in [4.78, 5) is 3.26.